The second-order valence-corrected chi connectivity index (χ2v) is 5.81. The Morgan fingerprint density at radius 3 is 2.76 bits per heavy atom. The summed E-state index contributed by atoms with van der Waals surface area (Å²) >= 11 is 1.86. The highest BCUT2D eigenvalue weighted by Gasteiger charge is 2.10. The summed E-state index contributed by atoms with van der Waals surface area (Å²) in [6, 6.07) is 8.45. The highest BCUT2D eigenvalue weighted by atomic mass is 32.1. The van der Waals surface area contributed by atoms with E-state index >= 15 is 0 Å². The zero-order valence-electron chi connectivity index (χ0n) is 10.8. The molecule has 0 saturated heterocycles. The molecule has 92 valence electrons. The third-order valence-electron chi connectivity index (χ3n) is 3.34. The van der Waals surface area contributed by atoms with Gasteiger partial charge < -0.3 is 0 Å². The molecule has 17 heavy (non-hydrogen) atoms. The summed E-state index contributed by atoms with van der Waals surface area (Å²) < 4.78 is 1.33. The fourth-order valence-electron chi connectivity index (χ4n) is 2.20. The van der Waals surface area contributed by atoms with Crippen molar-refractivity contribution in [1.29, 1.82) is 0 Å². The van der Waals surface area contributed by atoms with Crippen molar-refractivity contribution in [3.63, 3.8) is 0 Å². The van der Waals surface area contributed by atoms with E-state index < -0.39 is 0 Å². The summed E-state index contributed by atoms with van der Waals surface area (Å²) in [5.74, 6) is 0.815. The highest BCUT2D eigenvalue weighted by molar-refractivity contribution is 7.18. The van der Waals surface area contributed by atoms with Crippen LogP contribution in [-0.2, 0) is 6.42 Å². The normalized spacial score (nSPS) is 13.1. The van der Waals surface area contributed by atoms with Crippen LogP contribution in [0, 0.1) is 5.92 Å². The van der Waals surface area contributed by atoms with E-state index in [1.807, 2.05) is 11.3 Å². The second kappa shape index (κ2) is 6.15. The Balaban J connectivity index is 2.06. The number of thiazole rings is 1. The fourth-order valence-corrected chi connectivity index (χ4v) is 3.28. The number of aromatic nitrogens is 1. The maximum Gasteiger partial charge on any atom is 0.0941 e. The topological polar surface area (TPSA) is 12.9 Å². The van der Waals surface area contributed by atoms with Crippen LogP contribution < -0.4 is 0 Å². The Bertz CT molecular complexity index is 428. The molecule has 0 spiro atoms. The lowest BCUT2D eigenvalue weighted by Crippen LogP contribution is -2.02. The van der Waals surface area contributed by atoms with Crippen LogP contribution in [0.15, 0.2) is 24.3 Å². The molecule has 0 fully saturated rings. The van der Waals surface area contributed by atoms with Crippen LogP contribution in [-0.4, -0.2) is 4.98 Å². The molecule has 1 aromatic heterocycles. The largest absolute Gasteiger partial charge is 0.241 e. The van der Waals surface area contributed by atoms with E-state index in [0.29, 0.717) is 0 Å². The number of benzene rings is 1. The van der Waals surface area contributed by atoms with Gasteiger partial charge in [-0.2, -0.15) is 0 Å². The predicted octanol–water partition coefficient (Wildman–Crippen LogP) is 5.06. The van der Waals surface area contributed by atoms with Crippen molar-refractivity contribution in [3.8, 4) is 0 Å². The van der Waals surface area contributed by atoms with Gasteiger partial charge in [-0.15, -0.1) is 11.3 Å². The third kappa shape index (κ3) is 3.29. The number of rotatable bonds is 6. The lowest BCUT2D eigenvalue weighted by molar-refractivity contribution is 0.449. The molecule has 0 aliphatic rings. The van der Waals surface area contributed by atoms with Gasteiger partial charge in [-0.05, 0) is 18.1 Å². The maximum atomic E-state index is 4.73. The van der Waals surface area contributed by atoms with Crippen molar-refractivity contribution in [2.75, 3.05) is 0 Å². The molecule has 1 nitrogen and oxygen atoms in total. The highest BCUT2D eigenvalue weighted by Crippen LogP contribution is 2.26. The van der Waals surface area contributed by atoms with Gasteiger partial charge in [-0.3, -0.25) is 0 Å². The summed E-state index contributed by atoms with van der Waals surface area (Å²) in [5.41, 5.74) is 1.16. The van der Waals surface area contributed by atoms with Gasteiger partial charge in [-0.25, -0.2) is 4.98 Å². The van der Waals surface area contributed by atoms with Crippen LogP contribution in [0.2, 0.25) is 0 Å². The molecule has 0 saturated carbocycles. The molecule has 1 atom stereocenters. The summed E-state index contributed by atoms with van der Waals surface area (Å²) in [6.07, 6.45) is 6.44. The van der Waals surface area contributed by atoms with Crippen molar-refractivity contribution < 1.29 is 0 Å². The quantitative estimate of drug-likeness (QED) is 0.695. The summed E-state index contributed by atoms with van der Waals surface area (Å²) in [6.45, 7) is 4.57. The molecule has 0 amide bonds. The van der Waals surface area contributed by atoms with Gasteiger partial charge in [0.1, 0.15) is 0 Å². The van der Waals surface area contributed by atoms with Gasteiger partial charge in [0.2, 0.25) is 0 Å². The Morgan fingerprint density at radius 1 is 1.24 bits per heavy atom. The summed E-state index contributed by atoms with van der Waals surface area (Å²) in [5, 5.41) is 1.31. The van der Waals surface area contributed by atoms with Crippen molar-refractivity contribution in [3.05, 3.63) is 29.3 Å². The van der Waals surface area contributed by atoms with E-state index in [1.165, 1.54) is 35.4 Å². The first-order valence-corrected chi connectivity index (χ1v) is 7.49. The summed E-state index contributed by atoms with van der Waals surface area (Å²) in [4.78, 5) is 4.73. The second-order valence-electron chi connectivity index (χ2n) is 4.70. The van der Waals surface area contributed by atoms with Crippen LogP contribution in [0.3, 0.4) is 0 Å². The predicted molar refractivity (Wildman–Crippen MR) is 76.6 cm³/mol. The van der Waals surface area contributed by atoms with Crippen molar-refractivity contribution in [2.24, 2.45) is 5.92 Å². The minimum Gasteiger partial charge on any atom is -0.241 e. The molecule has 2 rings (SSSR count). The van der Waals surface area contributed by atoms with E-state index in [9.17, 15) is 0 Å². The molecule has 0 bridgehead atoms. The summed E-state index contributed by atoms with van der Waals surface area (Å²) in [7, 11) is 0. The van der Waals surface area contributed by atoms with E-state index in [0.717, 1.165) is 17.9 Å². The monoisotopic (exact) mass is 247 g/mol. The SMILES string of the molecule is CCCCC(CC)Cc1nc2ccccc2s1. The van der Waals surface area contributed by atoms with Crippen LogP contribution in [0.1, 0.15) is 44.5 Å². The van der Waals surface area contributed by atoms with Crippen molar-refractivity contribution in [1.82, 2.24) is 4.98 Å². The number of unbranched alkanes of at least 4 members (excludes halogenated alkanes) is 1. The van der Waals surface area contributed by atoms with Gasteiger partial charge in [0, 0.05) is 6.42 Å². The molecule has 0 radical (unpaired) electrons. The first-order valence-electron chi connectivity index (χ1n) is 6.68. The first-order chi connectivity index (χ1) is 8.33. The van der Waals surface area contributed by atoms with E-state index in [-0.39, 0.29) is 0 Å². The number of hydrogen-bond donors (Lipinski definition) is 0. The minimum absolute atomic E-state index is 0.815. The Morgan fingerprint density at radius 2 is 2.06 bits per heavy atom. The van der Waals surface area contributed by atoms with Crippen LogP contribution in [0.4, 0.5) is 0 Å². The Labute approximate surface area is 108 Å². The third-order valence-corrected chi connectivity index (χ3v) is 4.40. The lowest BCUT2D eigenvalue weighted by Gasteiger charge is -2.11. The zero-order valence-corrected chi connectivity index (χ0v) is 11.6. The average Bonchev–Trinajstić information content (AvgIpc) is 2.76. The van der Waals surface area contributed by atoms with Gasteiger partial charge in [0.05, 0.1) is 15.2 Å². The Hall–Kier alpha value is -0.890. The molecule has 1 heterocycles. The molecule has 1 unspecified atom stereocenters. The van der Waals surface area contributed by atoms with E-state index in [2.05, 4.69) is 38.1 Å². The molecule has 1 aromatic carbocycles. The van der Waals surface area contributed by atoms with E-state index in [4.69, 9.17) is 4.98 Å². The molecular formula is C15H21NS. The maximum absolute atomic E-state index is 4.73. The fraction of sp³-hybridized carbons (Fsp3) is 0.533. The molecular weight excluding hydrogens is 226 g/mol. The standard InChI is InChI=1S/C15H21NS/c1-3-5-8-12(4-2)11-15-16-13-9-6-7-10-14(13)17-15/h6-7,9-10,12H,3-5,8,11H2,1-2H3. The van der Waals surface area contributed by atoms with Crippen LogP contribution in [0.5, 0.6) is 0 Å². The first kappa shape index (κ1) is 12.6. The smallest absolute Gasteiger partial charge is 0.0941 e. The average molecular weight is 247 g/mol. The van der Waals surface area contributed by atoms with Crippen molar-refractivity contribution >= 4 is 21.6 Å². The number of para-hydroxylation sites is 1. The zero-order chi connectivity index (χ0) is 12.1. The van der Waals surface area contributed by atoms with Gasteiger partial charge >= 0.3 is 0 Å². The van der Waals surface area contributed by atoms with Gasteiger partial charge in [0.25, 0.3) is 0 Å². The molecule has 0 aliphatic carbocycles. The molecule has 2 aromatic rings. The number of fused-ring (bicyclic) bond motifs is 1. The van der Waals surface area contributed by atoms with E-state index in [1.54, 1.807) is 0 Å². The van der Waals surface area contributed by atoms with Crippen LogP contribution >= 0.6 is 11.3 Å². The number of nitrogens with zero attached hydrogens (tertiary/aromatic N) is 1. The van der Waals surface area contributed by atoms with Crippen LogP contribution in [0.25, 0.3) is 10.2 Å². The molecule has 2 heteroatoms. The molecule has 0 N–H and O–H groups in total. The number of hydrogen-bond acceptors (Lipinski definition) is 2. The van der Waals surface area contributed by atoms with Crippen molar-refractivity contribution in [2.45, 2.75) is 46.0 Å². The van der Waals surface area contributed by atoms with Gasteiger partial charge in [0.15, 0.2) is 0 Å². The minimum atomic E-state index is 0.815. The Kier molecular flexibility index (Phi) is 4.55. The van der Waals surface area contributed by atoms with Gasteiger partial charge in [-0.1, -0.05) is 51.7 Å². The molecule has 0 aliphatic heterocycles. The lowest BCUT2D eigenvalue weighted by atomic mass is 9.96.